The number of rotatable bonds is 7. The molecule has 1 saturated heterocycles. The number of piperidine rings is 1. The van der Waals surface area contributed by atoms with Crippen molar-refractivity contribution in [2.45, 2.75) is 65.4 Å². The number of benzene rings is 1. The number of ether oxygens (including phenoxy) is 1. The Kier molecular flexibility index (Phi) is 14.7. The van der Waals surface area contributed by atoms with E-state index >= 15 is 0 Å². The van der Waals surface area contributed by atoms with E-state index in [1.807, 2.05) is 33.1 Å². The summed E-state index contributed by atoms with van der Waals surface area (Å²) in [5, 5.41) is 8.01. The topological polar surface area (TPSA) is 88.1 Å². The maximum absolute atomic E-state index is 14.1. The van der Waals surface area contributed by atoms with Crippen molar-refractivity contribution in [1.29, 1.82) is 5.41 Å². The first-order valence-corrected chi connectivity index (χ1v) is 14.2. The Labute approximate surface area is 237 Å². The third-order valence-electron chi connectivity index (χ3n) is 5.77. The number of hydrogen-bond acceptors (Lipinski definition) is 7. The highest BCUT2D eigenvalue weighted by Crippen LogP contribution is 2.28. The average Bonchev–Trinajstić information content (AvgIpc) is 2.90. The fourth-order valence-electron chi connectivity index (χ4n) is 3.55. The molecule has 1 aromatic carbocycles. The lowest BCUT2D eigenvalue weighted by Gasteiger charge is -2.29. The molecule has 0 aliphatic carbocycles. The van der Waals surface area contributed by atoms with Gasteiger partial charge in [0, 0.05) is 29.3 Å². The summed E-state index contributed by atoms with van der Waals surface area (Å²) in [6, 6.07) is 5.12. The number of nitrogen functional groups attached to an aromatic ring is 1. The predicted molar refractivity (Wildman–Crippen MR) is 162 cm³/mol. The largest absolute Gasteiger partial charge is 0.474 e. The van der Waals surface area contributed by atoms with Crippen molar-refractivity contribution in [3.8, 4) is 5.88 Å². The lowest BCUT2D eigenvalue weighted by Crippen LogP contribution is -2.36. The molecule has 1 aromatic heterocycles. The van der Waals surface area contributed by atoms with Gasteiger partial charge in [-0.25, -0.2) is 13.8 Å². The second-order valence-corrected chi connectivity index (χ2v) is 10.00. The summed E-state index contributed by atoms with van der Waals surface area (Å²) in [7, 11) is 2.07. The number of halogens is 2. The number of nitrogens with two attached hydrogens (primary N) is 1. The third kappa shape index (κ3) is 10.6. The first kappa shape index (κ1) is 34.0. The van der Waals surface area contributed by atoms with Gasteiger partial charge in [0.05, 0.1) is 5.56 Å². The molecule has 1 aliphatic heterocycles. The average molecular weight is 560 g/mol. The molecule has 9 heteroatoms. The maximum atomic E-state index is 14.1. The van der Waals surface area contributed by atoms with Crippen LogP contribution in [0.5, 0.6) is 5.88 Å². The van der Waals surface area contributed by atoms with Gasteiger partial charge in [-0.1, -0.05) is 32.6 Å². The highest BCUT2D eigenvalue weighted by molar-refractivity contribution is 7.98. The Morgan fingerprint density at radius 2 is 1.82 bits per heavy atom. The number of likely N-dealkylation sites (tertiary alicyclic amines) is 1. The van der Waals surface area contributed by atoms with Gasteiger partial charge in [0.15, 0.2) is 5.82 Å². The molecule has 2 heterocycles. The molecule has 0 bridgehead atoms. The Morgan fingerprint density at radius 1 is 1.21 bits per heavy atom. The summed E-state index contributed by atoms with van der Waals surface area (Å²) in [5.74, 6) is 0.132. The Hall–Kier alpha value is -3.04. The van der Waals surface area contributed by atoms with Crippen LogP contribution in [-0.4, -0.2) is 53.1 Å². The molecule has 6 nitrogen and oxygen atoms in total. The zero-order valence-electron chi connectivity index (χ0n) is 24.5. The van der Waals surface area contributed by atoms with Gasteiger partial charge in [-0.05, 0) is 83.2 Å². The Bertz CT molecular complexity index is 1180. The van der Waals surface area contributed by atoms with Crippen molar-refractivity contribution in [3.63, 3.8) is 0 Å². The van der Waals surface area contributed by atoms with E-state index in [1.54, 1.807) is 26.8 Å². The van der Waals surface area contributed by atoms with Crippen LogP contribution >= 0.6 is 11.8 Å². The summed E-state index contributed by atoms with van der Waals surface area (Å²) in [4.78, 5) is 11.7. The second-order valence-electron chi connectivity index (χ2n) is 9.15. The van der Waals surface area contributed by atoms with Crippen LogP contribution in [0.4, 0.5) is 14.6 Å². The lowest BCUT2D eigenvalue weighted by atomic mass is 10.1. The monoisotopic (exact) mass is 559 g/mol. The first-order chi connectivity index (χ1) is 18.5. The molecule has 2 aromatic rings. The van der Waals surface area contributed by atoms with Crippen LogP contribution in [0.2, 0.25) is 0 Å². The number of aryl methyl sites for hydroxylation is 1. The van der Waals surface area contributed by atoms with Crippen LogP contribution in [0.25, 0.3) is 5.57 Å². The number of thioether (sulfide) groups is 1. The summed E-state index contributed by atoms with van der Waals surface area (Å²) < 4.78 is 32.9. The van der Waals surface area contributed by atoms with E-state index in [0.717, 1.165) is 36.4 Å². The lowest BCUT2D eigenvalue weighted by molar-refractivity contribution is 0.109. The van der Waals surface area contributed by atoms with Gasteiger partial charge in [-0.2, -0.15) is 4.98 Å². The predicted octanol–water partition coefficient (Wildman–Crippen LogP) is 7.63. The molecule has 0 unspecified atom stereocenters. The van der Waals surface area contributed by atoms with E-state index in [-0.39, 0.29) is 41.0 Å². The number of anilines is 1. The van der Waals surface area contributed by atoms with Crippen LogP contribution in [0, 0.1) is 18.2 Å². The Balaban J connectivity index is 0.000000528. The second kappa shape index (κ2) is 16.8. The summed E-state index contributed by atoms with van der Waals surface area (Å²) >= 11 is 1.43. The van der Waals surface area contributed by atoms with E-state index in [9.17, 15) is 8.78 Å². The van der Waals surface area contributed by atoms with E-state index < -0.39 is 0 Å². The highest BCUT2D eigenvalue weighted by Gasteiger charge is 2.23. The minimum atomic E-state index is -0.378. The number of nitrogens with one attached hydrogen (secondary N) is 1. The van der Waals surface area contributed by atoms with Crippen molar-refractivity contribution in [1.82, 2.24) is 14.9 Å². The zero-order valence-corrected chi connectivity index (χ0v) is 25.3. The summed E-state index contributed by atoms with van der Waals surface area (Å²) in [6.45, 7) is 16.5. The molecule has 0 amide bonds. The van der Waals surface area contributed by atoms with Gasteiger partial charge in [0.2, 0.25) is 5.88 Å². The number of hydrogen-bond donors (Lipinski definition) is 2. The SMILES string of the molecule is C=C/C(=C\C(F)=C(C)C)c1nc(N)c(C(C)=N)c(OC2CCN(C)CC2)n1.CC.CSc1cc(C)ccc1F. The molecule has 3 rings (SSSR count). The van der Waals surface area contributed by atoms with Crippen LogP contribution in [0.1, 0.15) is 64.4 Å². The van der Waals surface area contributed by atoms with Gasteiger partial charge < -0.3 is 20.8 Å². The van der Waals surface area contributed by atoms with Gasteiger partial charge in [-0.15, -0.1) is 11.8 Å². The molecule has 1 aliphatic rings. The van der Waals surface area contributed by atoms with Gasteiger partial charge in [0.25, 0.3) is 0 Å². The number of nitrogens with zero attached hydrogens (tertiary/aromatic N) is 3. The van der Waals surface area contributed by atoms with Crippen molar-refractivity contribution in [2.24, 2.45) is 0 Å². The molecule has 0 saturated carbocycles. The zero-order chi connectivity index (χ0) is 29.7. The normalized spacial score (nSPS) is 13.8. The van der Waals surface area contributed by atoms with Crippen LogP contribution < -0.4 is 10.5 Å². The van der Waals surface area contributed by atoms with Gasteiger partial charge >= 0.3 is 0 Å². The number of allylic oxidation sites excluding steroid dienone is 5. The van der Waals surface area contributed by atoms with Gasteiger partial charge in [0.1, 0.15) is 23.6 Å². The molecule has 39 heavy (non-hydrogen) atoms. The summed E-state index contributed by atoms with van der Waals surface area (Å²) in [5.41, 5.74) is 8.74. The molecule has 214 valence electrons. The van der Waals surface area contributed by atoms with Crippen LogP contribution in [0.15, 0.2) is 53.2 Å². The quantitative estimate of drug-likeness (QED) is 0.206. The van der Waals surface area contributed by atoms with E-state index in [1.165, 1.54) is 30.0 Å². The summed E-state index contributed by atoms with van der Waals surface area (Å²) in [6.07, 6.45) is 6.40. The maximum Gasteiger partial charge on any atom is 0.228 e. The molecule has 1 fully saturated rings. The Morgan fingerprint density at radius 3 is 2.31 bits per heavy atom. The fourth-order valence-corrected chi connectivity index (χ4v) is 4.11. The molecular weight excluding hydrogens is 516 g/mol. The van der Waals surface area contributed by atoms with Crippen molar-refractivity contribution in [3.05, 3.63) is 71.1 Å². The molecule has 0 atom stereocenters. The molecule has 0 spiro atoms. The minimum Gasteiger partial charge on any atom is -0.474 e. The first-order valence-electron chi connectivity index (χ1n) is 13.0. The third-order valence-corrected chi connectivity index (χ3v) is 6.52. The highest BCUT2D eigenvalue weighted by atomic mass is 32.2. The van der Waals surface area contributed by atoms with E-state index in [0.29, 0.717) is 16.7 Å². The van der Waals surface area contributed by atoms with Gasteiger partial charge in [-0.3, -0.25) is 0 Å². The fraction of sp³-hybridized carbons (Fsp3) is 0.433. The van der Waals surface area contributed by atoms with E-state index in [2.05, 4.69) is 28.5 Å². The minimum absolute atomic E-state index is 0.00729. The molecular formula is C30H43F2N5OS. The smallest absolute Gasteiger partial charge is 0.228 e. The van der Waals surface area contributed by atoms with Crippen LogP contribution in [-0.2, 0) is 0 Å². The molecule has 0 radical (unpaired) electrons. The standard InChI is InChI=1S/C20H28FN5O.C8H9FS.C2H6/c1-6-14(11-16(21)12(2)3)19-24-18(23)17(13(4)22)20(25-19)27-15-7-9-26(5)10-8-15;1-6-3-4-7(9)8(5-6)10-2;1-2/h6,11,15,22H,1,7-10H2,2-5H3,(H2,23,24,25);3-5H,1-2H3;1-2H3/b14-11+,22-13?;;. The van der Waals surface area contributed by atoms with Crippen molar-refractivity contribution in [2.75, 3.05) is 32.1 Å². The number of aromatic nitrogens is 2. The van der Waals surface area contributed by atoms with Crippen molar-refractivity contribution < 1.29 is 13.5 Å². The van der Waals surface area contributed by atoms with Crippen LogP contribution in [0.3, 0.4) is 0 Å². The molecule has 3 N–H and O–H groups in total. The van der Waals surface area contributed by atoms with Crippen molar-refractivity contribution >= 4 is 28.9 Å². The van der Waals surface area contributed by atoms with E-state index in [4.69, 9.17) is 15.9 Å².